The number of pyridine rings is 1. The van der Waals surface area contributed by atoms with Crippen molar-refractivity contribution in [3.8, 4) is 11.8 Å². The van der Waals surface area contributed by atoms with Gasteiger partial charge in [-0.15, -0.1) is 0 Å². The Kier molecular flexibility index (Phi) is 2.24. The van der Waals surface area contributed by atoms with E-state index >= 15 is 0 Å². The highest BCUT2D eigenvalue weighted by atomic mass is 35.5. The molecule has 1 heterocycles. The van der Waals surface area contributed by atoms with E-state index in [4.69, 9.17) is 11.6 Å². The first-order chi connectivity index (χ1) is 6.25. The van der Waals surface area contributed by atoms with Crippen LogP contribution in [-0.4, -0.2) is 4.98 Å². The van der Waals surface area contributed by atoms with Crippen molar-refractivity contribution in [2.24, 2.45) is 5.92 Å². The third-order valence-electron chi connectivity index (χ3n) is 1.98. The van der Waals surface area contributed by atoms with Gasteiger partial charge in [0.25, 0.3) is 0 Å². The van der Waals surface area contributed by atoms with Gasteiger partial charge in [0.2, 0.25) is 0 Å². The predicted octanol–water partition coefficient (Wildman–Crippen LogP) is 2.80. The molecule has 0 aromatic carbocycles. The molecule has 0 spiro atoms. The molecule has 2 heteroatoms. The molecule has 0 aliphatic heterocycles. The lowest BCUT2D eigenvalue weighted by atomic mass is 10.2. The largest absolute Gasteiger partial charge is 0.240 e. The van der Waals surface area contributed by atoms with Crippen LogP contribution in [0.25, 0.3) is 0 Å². The van der Waals surface area contributed by atoms with E-state index in [0.29, 0.717) is 11.1 Å². The zero-order chi connectivity index (χ0) is 9.26. The van der Waals surface area contributed by atoms with Crippen LogP contribution in [0.2, 0.25) is 5.15 Å². The van der Waals surface area contributed by atoms with Gasteiger partial charge in [0.1, 0.15) is 5.15 Å². The smallest absolute Gasteiger partial charge is 0.144 e. The Bertz CT molecular complexity index is 383. The zero-order valence-corrected chi connectivity index (χ0v) is 8.23. The van der Waals surface area contributed by atoms with E-state index in [1.807, 2.05) is 19.1 Å². The molecule has 0 amide bonds. The first-order valence-corrected chi connectivity index (χ1v) is 4.78. The van der Waals surface area contributed by atoms with Crippen LogP contribution in [0.3, 0.4) is 0 Å². The molecule has 2 rings (SSSR count). The molecule has 66 valence electrons. The number of aromatic nitrogens is 1. The fraction of sp³-hybridized carbons (Fsp3) is 0.364. The van der Waals surface area contributed by atoms with Crippen molar-refractivity contribution < 1.29 is 0 Å². The summed E-state index contributed by atoms with van der Waals surface area (Å²) in [6, 6.07) is 3.86. The summed E-state index contributed by atoms with van der Waals surface area (Å²) >= 11 is 5.92. The van der Waals surface area contributed by atoms with Crippen LogP contribution < -0.4 is 0 Å². The van der Waals surface area contributed by atoms with Gasteiger partial charge in [-0.3, -0.25) is 0 Å². The van der Waals surface area contributed by atoms with Crippen molar-refractivity contribution in [1.29, 1.82) is 0 Å². The van der Waals surface area contributed by atoms with Crippen LogP contribution in [0.1, 0.15) is 24.1 Å². The van der Waals surface area contributed by atoms with Gasteiger partial charge in [-0.2, -0.15) is 0 Å². The van der Waals surface area contributed by atoms with Crippen LogP contribution in [0, 0.1) is 24.7 Å². The minimum atomic E-state index is 0.521. The minimum absolute atomic E-state index is 0.521. The van der Waals surface area contributed by atoms with Crippen molar-refractivity contribution in [3.05, 3.63) is 28.5 Å². The molecule has 0 N–H and O–H groups in total. The summed E-state index contributed by atoms with van der Waals surface area (Å²) in [5, 5.41) is 0.521. The van der Waals surface area contributed by atoms with Gasteiger partial charge in [-0.05, 0) is 31.9 Å². The highest BCUT2D eigenvalue weighted by molar-refractivity contribution is 6.30. The molecule has 0 bridgehead atoms. The lowest BCUT2D eigenvalue weighted by molar-refractivity contribution is 1.17. The molecular weight excluding hydrogens is 182 g/mol. The highest BCUT2D eigenvalue weighted by Crippen LogP contribution is 2.27. The van der Waals surface area contributed by atoms with Crippen LogP contribution in [0.15, 0.2) is 12.1 Å². The average molecular weight is 192 g/mol. The van der Waals surface area contributed by atoms with Gasteiger partial charge in [-0.25, -0.2) is 4.98 Å². The third-order valence-corrected chi connectivity index (χ3v) is 2.26. The van der Waals surface area contributed by atoms with Gasteiger partial charge in [0.15, 0.2) is 0 Å². The Balaban J connectivity index is 2.25. The monoisotopic (exact) mass is 191 g/mol. The van der Waals surface area contributed by atoms with Crippen molar-refractivity contribution in [2.75, 3.05) is 0 Å². The molecular formula is C11H10ClN. The summed E-state index contributed by atoms with van der Waals surface area (Å²) in [5.41, 5.74) is 1.78. The molecule has 0 saturated heterocycles. The molecule has 0 atom stereocenters. The van der Waals surface area contributed by atoms with Crippen LogP contribution in [0.4, 0.5) is 0 Å². The van der Waals surface area contributed by atoms with Gasteiger partial charge in [0, 0.05) is 11.6 Å². The first kappa shape index (κ1) is 8.59. The molecule has 1 aromatic heterocycles. The van der Waals surface area contributed by atoms with Crippen molar-refractivity contribution >= 4 is 11.6 Å². The molecule has 0 radical (unpaired) electrons. The number of aryl methyl sites for hydroxylation is 1. The Morgan fingerprint density at radius 1 is 1.46 bits per heavy atom. The summed E-state index contributed by atoms with van der Waals surface area (Å²) in [6.07, 6.45) is 2.48. The van der Waals surface area contributed by atoms with Gasteiger partial charge >= 0.3 is 0 Å². The lowest BCUT2D eigenvalue weighted by Crippen LogP contribution is -1.85. The summed E-state index contributed by atoms with van der Waals surface area (Å²) in [5.74, 6) is 6.83. The van der Waals surface area contributed by atoms with Crippen molar-refractivity contribution in [2.45, 2.75) is 19.8 Å². The van der Waals surface area contributed by atoms with Crippen LogP contribution in [-0.2, 0) is 0 Å². The van der Waals surface area contributed by atoms with Crippen LogP contribution >= 0.6 is 11.6 Å². The fourth-order valence-corrected chi connectivity index (χ4v) is 1.27. The minimum Gasteiger partial charge on any atom is -0.240 e. The second kappa shape index (κ2) is 3.40. The molecule has 1 aliphatic carbocycles. The van der Waals surface area contributed by atoms with E-state index in [2.05, 4.69) is 16.8 Å². The quantitative estimate of drug-likeness (QED) is 0.454. The lowest BCUT2D eigenvalue weighted by Gasteiger charge is -1.95. The predicted molar refractivity (Wildman–Crippen MR) is 53.6 cm³/mol. The molecule has 1 aliphatic rings. The normalized spacial score (nSPS) is 14.9. The topological polar surface area (TPSA) is 12.9 Å². The number of nitrogens with zero attached hydrogens (tertiary/aromatic N) is 1. The van der Waals surface area contributed by atoms with Gasteiger partial charge in [-0.1, -0.05) is 23.4 Å². The van der Waals surface area contributed by atoms with Gasteiger partial charge in [0.05, 0.1) is 5.56 Å². The standard InChI is InChI=1S/C11H10ClN/c1-8-2-6-10(11(12)13-8)7-5-9-3-4-9/h2,6,9H,3-4H2,1H3. The number of halogens is 1. The fourth-order valence-electron chi connectivity index (χ4n) is 1.03. The third kappa shape index (κ3) is 2.23. The maximum absolute atomic E-state index is 5.92. The van der Waals surface area contributed by atoms with E-state index < -0.39 is 0 Å². The van der Waals surface area contributed by atoms with E-state index in [9.17, 15) is 0 Å². The van der Waals surface area contributed by atoms with Gasteiger partial charge < -0.3 is 0 Å². The molecule has 0 unspecified atom stereocenters. The molecule has 13 heavy (non-hydrogen) atoms. The Labute approximate surface area is 83.1 Å². The Morgan fingerprint density at radius 3 is 2.85 bits per heavy atom. The van der Waals surface area contributed by atoms with E-state index in [1.54, 1.807) is 0 Å². The molecule has 1 fully saturated rings. The maximum atomic E-state index is 5.92. The highest BCUT2D eigenvalue weighted by Gasteiger charge is 2.17. The Hall–Kier alpha value is -1.000. The Morgan fingerprint density at radius 2 is 2.23 bits per heavy atom. The van der Waals surface area contributed by atoms with Crippen molar-refractivity contribution in [1.82, 2.24) is 4.98 Å². The second-order valence-electron chi connectivity index (χ2n) is 3.33. The molecule has 1 nitrogen and oxygen atoms in total. The van der Waals surface area contributed by atoms with E-state index in [0.717, 1.165) is 11.3 Å². The SMILES string of the molecule is Cc1ccc(C#CC2CC2)c(Cl)n1. The number of rotatable bonds is 0. The summed E-state index contributed by atoms with van der Waals surface area (Å²) in [4.78, 5) is 4.13. The second-order valence-corrected chi connectivity index (χ2v) is 3.69. The molecule has 1 saturated carbocycles. The summed E-state index contributed by atoms with van der Waals surface area (Å²) < 4.78 is 0. The number of hydrogen-bond donors (Lipinski definition) is 0. The summed E-state index contributed by atoms with van der Waals surface area (Å²) in [7, 11) is 0. The first-order valence-electron chi connectivity index (χ1n) is 4.40. The van der Waals surface area contributed by atoms with E-state index in [-0.39, 0.29) is 0 Å². The van der Waals surface area contributed by atoms with E-state index in [1.165, 1.54) is 12.8 Å². The summed E-state index contributed by atoms with van der Waals surface area (Å²) in [6.45, 7) is 1.92. The molecule has 1 aromatic rings. The number of hydrogen-bond acceptors (Lipinski definition) is 1. The maximum Gasteiger partial charge on any atom is 0.144 e. The van der Waals surface area contributed by atoms with Crippen molar-refractivity contribution in [3.63, 3.8) is 0 Å². The zero-order valence-electron chi connectivity index (χ0n) is 7.47. The van der Waals surface area contributed by atoms with Crippen LogP contribution in [0.5, 0.6) is 0 Å². The average Bonchev–Trinajstić information content (AvgIpc) is 2.86.